The molecule has 0 amide bonds. The molecule has 4 nitrogen and oxygen atoms in total. The highest BCUT2D eigenvalue weighted by atomic mass is 16.4. The van der Waals surface area contributed by atoms with Gasteiger partial charge in [-0.25, -0.2) is 0 Å². The van der Waals surface area contributed by atoms with Gasteiger partial charge in [-0.05, 0) is 18.4 Å². The van der Waals surface area contributed by atoms with Gasteiger partial charge in [-0.15, -0.1) is 0 Å². The summed E-state index contributed by atoms with van der Waals surface area (Å²) in [6.45, 7) is 7.19. The number of unbranched alkanes of at least 4 members (excludes halogenated alkanes) is 1. The van der Waals surface area contributed by atoms with Crippen LogP contribution in [0.2, 0.25) is 0 Å². The van der Waals surface area contributed by atoms with Crippen LogP contribution in [0.3, 0.4) is 0 Å². The highest BCUT2D eigenvalue weighted by Gasteiger charge is 2.47. The molecule has 0 bridgehead atoms. The van der Waals surface area contributed by atoms with Crippen LogP contribution in [-0.4, -0.2) is 22.2 Å². The van der Waals surface area contributed by atoms with Gasteiger partial charge in [0.2, 0.25) is 0 Å². The van der Waals surface area contributed by atoms with Crippen LogP contribution in [0.4, 0.5) is 0 Å². The Labute approximate surface area is 89.6 Å². The zero-order valence-electron chi connectivity index (χ0n) is 9.25. The Kier molecular flexibility index (Phi) is 5.05. The first-order valence-electron chi connectivity index (χ1n) is 5.08. The van der Waals surface area contributed by atoms with E-state index in [1.54, 1.807) is 6.92 Å². The molecule has 0 aromatic rings. The summed E-state index contributed by atoms with van der Waals surface area (Å²) < 4.78 is 0. The SMILES string of the molecule is C=C(CC)C(CCCC)(C(=O)O)C(=O)O. The average molecular weight is 214 g/mol. The van der Waals surface area contributed by atoms with Gasteiger partial charge in [-0.1, -0.05) is 33.3 Å². The van der Waals surface area contributed by atoms with E-state index in [1.165, 1.54) is 0 Å². The van der Waals surface area contributed by atoms with Crippen molar-refractivity contribution in [1.29, 1.82) is 0 Å². The molecule has 0 saturated carbocycles. The fourth-order valence-electron chi connectivity index (χ4n) is 1.53. The van der Waals surface area contributed by atoms with Gasteiger partial charge in [0.1, 0.15) is 0 Å². The standard InChI is InChI=1S/C11H18O4/c1-4-6-7-11(9(12)13,10(14)15)8(3)5-2/h3-7H2,1-2H3,(H,12,13)(H,14,15). The van der Waals surface area contributed by atoms with Crippen molar-refractivity contribution in [2.45, 2.75) is 39.5 Å². The predicted octanol–water partition coefficient (Wildman–Crippen LogP) is 2.30. The molecule has 0 aromatic carbocycles. The lowest BCUT2D eigenvalue weighted by Crippen LogP contribution is -2.40. The fourth-order valence-corrected chi connectivity index (χ4v) is 1.53. The van der Waals surface area contributed by atoms with Crippen LogP contribution in [0.5, 0.6) is 0 Å². The zero-order chi connectivity index (χ0) is 12.1. The normalized spacial score (nSPS) is 11.1. The number of carbonyl (C=O) groups is 2. The van der Waals surface area contributed by atoms with Crippen LogP contribution >= 0.6 is 0 Å². The molecule has 0 unspecified atom stereocenters. The van der Waals surface area contributed by atoms with E-state index in [0.717, 1.165) is 6.42 Å². The molecular formula is C11H18O4. The molecule has 4 heteroatoms. The van der Waals surface area contributed by atoms with Gasteiger partial charge >= 0.3 is 11.9 Å². The largest absolute Gasteiger partial charge is 0.480 e. The molecule has 0 aliphatic heterocycles. The Hall–Kier alpha value is -1.32. The molecule has 0 saturated heterocycles. The third-order valence-corrected chi connectivity index (χ3v) is 2.67. The van der Waals surface area contributed by atoms with Crippen LogP contribution in [0, 0.1) is 5.41 Å². The predicted molar refractivity (Wildman–Crippen MR) is 56.7 cm³/mol. The first-order chi connectivity index (χ1) is 6.93. The maximum Gasteiger partial charge on any atom is 0.325 e. The summed E-state index contributed by atoms with van der Waals surface area (Å²) in [7, 11) is 0. The van der Waals surface area contributed by atoms with E-state index in [1.807, 2.05) is 6.92 Å². The van der Waals surface area contributed by atoms with E-state index in [0.29, 0.717) is 12.8 Å². The topological polar surface area (TPSA) is 74.6 Å². The lowest BCUT2D eigenvalue weighted by molar-refractivity contribution is -0.162. The Morgan fingerprint density at radius 1 is 1.20 bits per heavy atom. The van der Waals surface area contributed by atoms with Gasteiger partial charge in [0.05, 0.1) is 0 Å². The van der Waals surface area contributed by atoms with Crippen LogP contribution in [0.15, 0.2) is 12.2 Å². The van der Waals surface area contributed by atoms with Crippen molar-refractivity contribution in [3.63, 3.8) is 0 Å². The van der Waals surface area contributed by atoms with Gasteiger partial charge in [-0.3, -0.25) is 9.59 Å². The molecule has 0 aliphatic rings. The third-order valence-electron chi connectivity index (χ3n) is 2.67. The summed E-state index contributed by atoms with van der Waals surface area (Å²) >= 11 is 0. The molecule has 0 rings (SSSR count). The Morgan fingerprint density at radius 3 is 1.93 bits per heavy atom. The number of carboxylic acids is 2. The number of hydrogen-bond donors (Lipinski definition) is 2. The van der Waals surface area contributed by atoms with E-state index >= 15 is 0 Å². The molecule has 86 valence electrons. The average Bonchev–Trinajstić information content (AvgIpc) is 2.17. The Morgan fingerprint density at radius 2 is 1.67 bits per heavy atom. The summed E-state index contributed by atoms with van der Waals surface area (Å²) in [6, 6.07) is 0. The zero-order valence-corrected chi connectivity index (χ0v) is 9.25. The smallest absolute Gasteiger partial charge is 0.325 e. The van der Waals surface area contributed by atoms with Crippen molar-refractivity contribution in [2.24, 2.45) is 5.41 Å². The number of aliphatic carboxylic acids is 2. The molecule has 0 heterocycles. The minimum atomic E-state index is -1.80. The molecule has 2 N–H and O–H groups in total. The summed E-state index contributed by atoms with van der Waals surface area (Å²) in [4.78, 5) is 22.3. The number of hydrogen-bond acceptors (Lipinski definition) is 2. The first kappa shape index (κ1) is 13.7. The van der Waals surface area contributed by atoms with Crippen LogP contribution < -0.4 is 0 Å². The van der Waals surface area contributed by atoms with E-state index in [-0.39, 0.29) is 12.0 Å². The number of carboxylic acid groups (broad SMARTS) is 2. The molecule has 0 aliphatic carbocycles. The second-order valence-electron chi connectivity index (χ2n) is 3.58. The minimum Gasteiger partial charge on any atom is -0.480 e. The van der Waals surface area contributed by atoms with Crippen LogP contribution in [0.1, 0.15) is 39.5 Å². The van der Waals surface area contributed by atoms with E-state index in [9.17, 15) is 9.59 Å². The van der Waals surface area contributed by atoms with Gasteiger partial charge < -0.3 is 10.2 Å². The highest BCUT2D eigenvalue weighted by Crippen LogP contribution is 2.35. The van der Waals surface area contributed by atoms with Gasteiger partial charge in [0.25, 0.3) is 0 Å². The summed E-state index contributed by atoms with van der Waals surface area (Å²) in [5.74, 6) is -2.62. The molecular weight excluding hydrogens is 196 g/mol. The summed E-state index contributed by atoms with van der Waals surface area (Å²) in [5.41, 5.74) is -1.54. The Balaban J connectivity index is 5.17. The molecule has 0 atom stereocenters. The fraction of sp³-hybridized carbons (Fsp3) is 0.636. The molecule has 0 aromatic heterocycles. The Bertz CT molecular complexity index is 254. The first-order valence-corrected chi connectivity index (χ1v) is 5.08. The van der Waals surface area contributed by atoms with E-state index in [4.69, 9.17) is 10.2 Å². The maximum atomic E-state index is 11.1. The lowest BCUT2D eigenvalue weighted by Gasteiger charge is -2.26. The lowest BCUT2D eigenvalue weighted by atomic mass is 9.75. The van der Waals surface area contributed by atoms with Crippen molar-refractivity contribution in [3.05, 3.63) is 12.2 Å². The number of rotatable bonds is 7. The molecule has 15 heavy (non-hydrogen) atoms. The van der Waals surface area contributed by atoms with Crippen molar-refractivity contribution in [1.82, 2.24) is 0 Å². The van der Waals surface area contributed by atoms with Crippen LogP contribution in [-0.2, 0) is 9.59 Å². The molecule has 0 radical (unpaired) electrons. The van der Waals surface area contributed by atoms with Gasteiger partial charge in [0, 0.05) is 0 Å². The third kappa shape index (κ3) is 2.58. The second kappa shape index (κ2) is 5.53. The second-order valence-corrected chi connectivity index (χ2v) is 3.58. The van der Waals surface area contributed by atoms with E-state index < -0.39 is 17.4 Å². The minimum absolute atomic E-state index is 0.112. The monoisotopic (exact) mass is 214 g/mol. The van der Waals surface area contributed by atoms with Crippen molar-refractivity contribution in [2.75, 3.05) is 0 Å². The van der Waals surface area contributed by atoms with Crippen LogP contribution in [0.25, 0.3) is 0 Å². The van der Waals surface area contributed by atoms with Crippen molar-refractivity contribution >= 4 is 11.9 Å². The van der Waals surface area contributed by atoms with Gasteiger partial charge in [-0.2, -0.15) is 0 Å². The van der Waals surface area contributed by atoms with Crippen molar-refractivity contribution in [3.8, 4) is 0 Å². The maximum absolute atomic E-state index is 11.1. The highest BCUT2D eigenvalue weighted by molar-refractivity contribution is 6.01. The van der Waals surface area contributed by atoms with Crippen molar-refractivity contribution < 1.29 is 19.8 Å². The quantitative estimate of drug-likeness (QED) is 0.503. The summed E-state index contributed by atoms with van der Waals surface area (Å²) in [5, 5.41) is 18.2. The van der Waals surface area contributed by atoms with Gasteiger partial charge in [0.15, 0.2) is 5.41 Å². The van der Waals surface area contributed by atoms with E-state index in [2.05, 4.69) is 6.58 Å². The summed E-state index contributed by atoms with van der Waals surface area (Å²) in [6.07, 6.45) is 1.81. The molecule has 0 fully saturated rings. The molecule has 0 spiro atoms.